The third-order valence-electron chi connectivity index (χ3n) is 6.38. The van der Waals surface area contributed by atoms with Gasteiger partial charge in [-0.15, -0.1) is 10.2 Å². The zero-order chi connectivity index (χ0) is 26.1. The van der Waals surface area contributed by atoms with Gasteiger partial charge >= 0.3 is 6.09 Å². The summed E-state index contributed by atoms with van der Waals surface area (Å²) in [5, 5.41) is 23.5. The number of nitrogens with zero attached hydrogens (tertiary/aromatic N) is 4. The van der Waals surface area contributed by atoms with Crippen molar-refractivity contribution in [1.29, 1.82) is 0 Å². The van der Waals surface area contributed by atoms with E-state index in [-0.39, 0.29) is 24.0 Å². The third-order valence-corrected chi connectivity index (χ3v) is 7.56. The van der Waals surface area contributed by atoms with Gasteiger partial charge in [0.2, 0.25) is 21.8 Å². The largest absolute Gasteiger partial charge is 0.465 e. The number of aromatic nitrogens is 3. The number of benzene rings is 1. The quantitative estimate of drug-likeness (QED) is 0.370. The standard InChI is InChI=1S/C24H30N6O5S/c1-15-10-18(15)14-25-19-11-17(12-20(26-19)30(3)36(4,33)34)21-28-29-22(35-21)24(2,27-23(31)32)13-16-8-6-5-7-9-16/h5-9,11-12,15,18,27H,10,13-14H2,1-4H3,(H,25,26)(H,31,32)/t15?,18?,24-/m1/s1. The number of hydrogen-bond acceptors (Lipinski definition) is 8. The summed E-state index contributed by atoms with van der Waals surface area (Å²) in [4.78, 5) is 16.0. The van der Waals surface area contributed by atoms with Gasteiger partial charge in [-0.2, -0.15) is 0 Å². The van der Waals surface area contributed by atoms with Crippen LogP contribution in [0, 0.1) is 11.8 Å². The molecule has 0 aliphatic heterocycles. The van der Waals surface area contributed by atoms with Crippen molar-refractivity contribution < 1.29 is 22.7 Å². The van der Waals surface area contributed by atoms with E-state index in [1.165, 1.54) is 7.05 Å². The molecule has 2 heterocycles. The molecule has 1 aromatic carbocycles. The average molecular weight is 515 g/mol. The van der Waals surface area contributed by atoms with Gasteiger partial charge < -0.3 is 20.2 Å². The Labute approximate surface area is 210 Å². The number of sulfonamides is 1. The Morgan fingerprint density at radius 1 is 1.25 bits per heavy atom. The summed E-state index contributed by atoms with van der Waals surface area (Å²) in [6.07, 6.45) is 1.28. The van der Waals surface area contributed by atoms with Crippen LogP contribution in [0.2, 0.25) is 0 Å². The fraction of sp³-hybridized carbons (Fsp3) is 0.417. The van der Waals surface area contributed by atoms with Crippen LogP contribution >= 0.6 is 0 Å². The second-order valence-electron chi connectivity index (χ2n) is 9.52. The molecule has 0 radical (unpaired) electrons. The van der Waals surface area contributed by atoms with E-state index >= 15 is 0 Å². The van der Waals surface area contributed by atoms with Crippen LogP contribution in [0.5, 0.6) is 0 Å². The van der Waals surface area contributed by atoms with Crippen molar-refractivity contribution in [1.82, 2.24) is 20.5 Å². The fourth-order valence-corrected chi connectivity index (χ4v) is 4.39. The minimum Gasteiger partial charge on any atom is -0.465 e. The van der Waals surface area contributed by atoms with Gasteiger partial charge in [0.05, 0.1) is 6.26 Å². The highest BCUT2D eigenvalue weighted by Gasteiger charge is 2.35. The second-order valence-corrected chi connectivity index (χ2v) is 11.5. The molecule has 0 bridgehead atoms. The van der Waals surface area contributed by atoms with E-state index in [9.17, 15) is 18.3 Å². The highest BCUT2D eigenvalue weighted by molar-refractivity contribution is 7.92. The van der Waals surface area contributed by atoms with Gasteiger partial charge in [0.15, 0.2) is 0 Å². The van der Waals surface area contributed by atoms with E-state index in [1.807, 2.05) is 30.3 Å². The van der Waals surface area contributed by atoms with Crippen molar-refractivity contribution in [2.24, 2.45) is 11.8 Å². The number of hydrogen-bond donors (Lipinski definition) is 3. The van der Waals surface area contributed by atoms with Crippen molar-refractivity contribution in [3.05, 3.63) is 53.9 Å². The summed E-state index contributed by atoms with van der Waals surface area (Å²) in [6, 6.07) is 12.6. The van der Waals surface area contributed by atoms with E-state index in [2.05, 4.69) is 32.7 Å². The Morgan fingerprint density at radius 3 is 2.56 bits per heavy atom. The molecule has 4 rings (SSSR count). The molecule has 3 aromatic rings. The van der Waals surface area contributed by atoms with Crippen molar-refractivity contribution in [2.45, 2.75) is 32.2 Å². The summed E-state index contributed by atoms with van der Waals surface area (Å²) >= 11 is 0. The first kappa shape index (κ1) is 25.4. The molecule has 192 valence electrons. The summed E-state index contributed by atoms with van der Waals surface area (Å²) in [5.74, 6) is 2.05. The van der Waals surface area contributed by atoms with Gasteiger partial charge in [0, 0.05) is 25.6 Å². The molecule has 0 saturated heterocycles. The lowest BCUT2D eigenvalue weighted by atomic mass is 9.93. The maximum absolute atomic E-state index is 12.2. The first-order valence-electron chi connectivity index (χ1n) is 11.5. The molecular weight excluding hydrogens is 484 g/mol. The first-order chi connectivity index (χ1) is 16.9. The van der Waals surface area contributed by atoms with E-state index < -0.39 is 21.7 Å². The van der Waals surface area contributed by atoms with Crippen molar-refractivity contribution in [3.8, 4) is 11.5 Å². The van der Waals surface area contributed by atoms with Crippen LogP contribution < -0.4 is 14.9 Å². The van der Waals surface area contributed by atoms with Gasteiger partial charge in [0.1, 0.15) is 17.2 Å². The maximum atomic E-state index is 12.2. The Kier molecular flexibility index (Phi) is 6.90. The second kappa shape index (κ2) is 9.76. The van der Waals surface area contributed by atoms with Crippen LogP contribution in [0.4, 0.5) is 16.4 Å². The van der Waals surface area contributed by atoms with Crippen molar-refractivity contribution in [2.75, 3.05) is 29.5 Å². The number of pyridine rings is 1. The molecule has 2 aromatic heterocycles. The van der Waals surface area contributed by atoms with Crippen LogP contribution in [0.15, 0.2) is 46.9 Å². The molecule has 36 heavy (non-hydrogen) atoms. The smallest absolute Gasteiger partial charge is 0.405 e. The number of anilines is 2. The number of nitrogens with one attached hydrogen (secondary N) is 2. The van der Waals surface area contributed by atoms with Crippen LogP contribution in [0.3, 0.4) is 0 Å². The summed E-state index contributed by atoms with van der Waals surface area (Å²) < 4.78 is 31.4. The van der Waals surface area contributed by atoms with Crippen LogP contribution in [0.25, 0.3) is 11.5 Å². The highest BCUT2D eigenvalue weighted by Crippen LogP contribution is 2.38. The average Bonchev–Trinajstić information content (AvgIpc) is 3.29. The van der Waals surface area contributed by atoms with Gasteiger partial charge in [-0.1, -0.05) is 37.3 Å². The molecule has 1 amide bonds. The Balaban J connectivity index is 1.69. The fourth-order valence-electron chi connectivity index (χ4n) is 3.96. The molecule has 1 saturated carbocycles. The molecule has 11 nitrogen and oxygen atoms in total. The van der Waals surface area contributed by atoms with Crippen LogP contribution in [-0.2, 0) is 22.0 Å². The van der Waals surface area contributed by atoms with E-state index in [0.717, 1.165) is 22.5 Å². The third kappa shape index (κ3) is 5.93. The van der Waals surface area contributed by atoms with E-state index in [4.69, 9.17) is 4.42 Å². The zero-order valence-corrected chi connectivity index (χ0v) is 21.4. The molecule has 1 aliphatic rings. The number of carbonyl (C=O) groups is 1. The lowest BCUT2D eigenvalue weighted by Gasteiger charge is -2.25. The lowest BCUT2D eigenvalue weighted by Crippen LogP contribution is -2.44. The Hall–Kier alpha value is -3.67. The summed E-state index contributed by atoms with van der Waals surface area (Å²) in [5.41, 5.74) is 0.148. The Morgan fingerprint density at radius 2 is 1.94 bits per heavy atom. The molecule has 1 fully saturated rings. The maximum Gasteiger partial charge on any atom is 0.405 e. The van der Waals surface area contributed by atoms with Crippen LogP contribution in [-0.4, -0.2) is 54.6 Å². The minimum absolute atomic E-state index is 0.0832. The number of rotatable bonds is 10. The SMILES string of the molecule is CC1CC1CNc1cc(-c2nnc([C@@](C)(Cc3ccccc3)NC(=O)O)o2)cc(N(C)S(C)(=O)=O)n1. The highest BCUT2D eigenvalue weighted by atomic mass is 32.2. The molecule has 12 heteroatoms. The van der Waals surface area contributed by atoms with E-state index in [1.54, 1.807) is 19.1 Å². The molecular formula is C24H30N6O5S. The van der Waals surface area contributed by atoms with Crippen LogP contribution in [0.1, 0.15) is 31.7 Å². The van der Waals surface area contributed by atoms with Gasteiger partial charge in [0.25, 0.3) is 0 Å². The predicted octanol–water partition coefficient (Wildman–Crippen LogP) is 3.32. The zero-order valence-electron chi connectivity index (χ0n) is 20.6. The minimum atomic E-state index is -3.56. The Bertz CT molecular complexity index is 1350. The monoisotopic (exact) mass is 514 g/mol. The lowest BCUT2D eigenvalue weighted by molar-refractivity contribution is 0.172. The van der Waals surface area contributed by atoms with Crippen molar-refractivity contribution in [3.63, 3.8) is 0 Å². The van der Waals surface area contributed by atoms with Gasteiger partial charge in [-0.25, -0.2) is 18.2 Å². The summed E-state index contributed by atoms with van der Waals surface area (Å²) in [7, 11) is -2.15. The molecule has 3 N–H and O–H groups in total. The summed E-state index contributed by atoms with van der Waals surface area (Å²) in [6.45, 7) is 4.56. The number of amides is 1. The molecule has 3 atom stereocenters. The van der Waals surface area contributed by atoms with Gasteiger partial charge in [-0.3, -0.25) is 4.31 Å². The molecule has 2 unspecified atom stereocenters. The molecule has 0 spiro atoms. The normalized spacial score (nSPS) is 18.8. The van der Waals surface area contributed by atoms with E-state index in [0.29, 0.717) is 29.8 Å². The van der Waals surface area contributed by atoms with Gasteiger partial charge in [-0.05, 0) is 42.9 Å². The first-order valence-corrected chi connectivity index (χ1v) is 13.4. The topological polar surface area (TPSA) is 151 Å². The predicted molar refractivity (Wildman–Crippen MR) is 135 cm³/mol. The van der Waals surface area contributed by atoms with Crippen molar-refractivity contribution >= 4 is 27.8 Å². The molecule has 1 aliphatic carbocycles. The number of carboxylic acid groups (broad SMARTS) is 1.